The second-order valence-corrected chi connectivity index (χ2v) is 8.82. The molecule has 0 radical (unpaired) electrons. The second kappa shape index (κ2) is 8.07. The lowest BCUT2D eigenvalue weighted by Gasteiger charge is -2.29. The predicted molar refractivity (Wildman–Crippen MR) is 116 cm³/mol. The zero-order valence-corrected chi connectivity index (χ0v) is 18.5. The van der Waals surface area contributed by atoms with Crippen LogP contribution in [-0.2, 0) is 28.7 Å². The molecule has 12 heteroatoms. The molecule has 0 aliphatic carbocycles. The number of carbonyl (C=O) groups excluding carboxylic acids is 4. The van der Waals surface area contributed by atoms with E-state index < -0.39 is 29.9 Å². The Bertz CT molecular complexity index is 1280. The normalized spacial score (nSPS) is 21.7. The number of hydrogen-bond acceptors (Lipinski definition) is 5. The van der Waals surface area contributed by atoms with E-state index in [-0.39, 0.29) is 43.7 Å². The molecule has 3 aliphatic rings. The fourth-order valence-electron chi connectivity index (χ4n) is 4.82. The predicted octanol–water partition coefficient (Wildman–Crippen LogP) is 2.84. The van der Waals surface area contributed by atoms with E-state index in [0.29, 0.717) is 28.1 Å². The summed E-state index contributed by atoms with van der Waals surface area (Å²) in [6, 6.07) is 4.03. The molecule has 2 aromatic rings. The molecule has 35 heavy (non-hydrogen) atoms. The monoisotopic (exact) mass is 487 g/mol. The molecule has 2 atom stereocenters. The minimum atomic E-state index is -4.57. The van der Waals surface area contributed by atoms with Gasteiger partial charge in [-0.25, -0.2) is 9.78 Å². The van der Waals surface area contributed by atoms with Crippen molar-refractivity contribution in [1.29, 1.82) is 0 Å². The summed E-state index contributed by atoms with van der Waals surface area (Å²) in [6.07, 6.45) is -2.87. The number of nitrogens with zero attached hydrogens (tertiary/aromatic N) is 3. The number of fused-ring (bicyclic) bond motifs is 2. The standard InChI is InChI=1S/C23H20F3N5O4/c1-11-6-12-8-18(23(24,25)26)27-9-17(12)31(11)22(35)28-14-2-3-15-13(7-14)10-30(21(15)34)16-4-5-19(32)29-20(16)33/h2-3,7-9,11,16H,4-6,10H2,1H3,(H,28,35)(H,29,32,33). The van der Waals surface area contributed by atoms with Gasteiger partial charge in [0, 0.05) is 30.3 Å². The van der Waals surface area contributed by atoms with Crippen LogP contribution >= 0.6 is 0 Å². The molecule has 2 N–H and O–H groups in total. The van der Waals surface area contributed by atoms with Crippen molar-refractivity contribution in [2.45, 2.75) is 51.0 Å². The Kier molecular flexibility index (Phi) is 5.26. The highest BCUT2D eigenvalue weighted by Gasteiger charge is 2.40. The van der Waals surface area contributed by atoms with Crippen molar-refractivity contribution in [2.24, 2.45) is 0 Å². The van der Waals surface area contributed by atoms with Crippen LogP contribution in [0.15, 0.2) is 30.5 Å². The summed E-state index contributed by atoms with van der Waals surface area (Å²) >= 11 is 0. The van der Waals surface area contributed by atoms with E-state index in [1.165, 1.54) is 9.80 Å². The number of pyridine rings is 1. The first-order valence-corrected chi connectivity index (χ1v) is 11.0. The Hall–Kier alpha value is -3.96. The van der Waals surface area contributed by atoms with E-state index >= 15 is 0 Å². The molecule has 1 aromatic heterocycles. The highest BCUT2D eigenvalue weighted by Crippen LogP contribution is 2.37. The number of alkyl halides is 3. The molecule has 0 spiro atoms. The number of rotatable bonds is 2. The van der Waals surface area contributed by atoms with Crippen molar-refractivity contribution in [3.05, 3.63) is 52.8 Å². The first kappa shape index (κ1) is 22.8. The van der Waals surface area contributed by atoms with Crippen molar-refractivity contribution in [2.75, 3.05) is 10.2 Å². The fraction of sp³-hybridized carbons (Fsp3) is 0.348. The first-order chi connectivity index (χ1) is 16.5. The average Bonchev–Trinajstić information content (AvgIpc) is 3.28. The molecule has 1 aromatic carbocycles. The molecule has 4 heterocycles. The molecule has 5 rings (SSSR count). The zero-order valence-electron chi connectivity index (χ0n) is 18.5. The third-order valence-corrected chi connectivity index (χ3v) is 6.47. The van der Waals surface area contributed by atoms with Gasteiger partial charge in [0.2, 0.25) is 11.8 Å². The van der Waals surface area contributed by atoms with Gasteiger partial charge in [0.1, 0.15) is 11.7 Å². The van der Waals surface area contributed by atoms with Gasteiger partial charge in [0.25, 0.3) is 5.91 Å². The summed E-state index contributed by atoms with van der Waals surface area (Å²) in [6.45, 7) is 1.88. The number of aromatic nitrogens is 1. The number of urea groups is 1. The highest BCUT2D eigenvalue weighted by molar-refractivity contribution is 6.07. The van der Waals surface area contributed by atoms with Gasteiger partial charge in [-0.15, -0.1) is 0 Å². The smallest absolute Gasteiger partial charge is 0.322 e. The Morgan fingerprint density at radius 3 is 2.66 bits per heavy atom. The van der Waals surface area contributed by atoms with E-state index in [4.69, 9.17) is 0 Å². The van der Waals surface area contributed by atoms with Crippen molar-refractivity contribution in [3.63, 3.8) is 0 Å². The molecule has 0 bridgehead atoms. The molecular weight excluding hydrogens is 467 g/mol. The van der Waals surface area contributed by atoms with E-state index in [9.17, 15) is 32.3 Å². The molecule has 182 valence electrons. The summed E-state index contributed by atoms with van der Waals surface area (Å²) in [7, 11) is 0. The molecule has 2 unspecified atom stereocenters. The molecule has 0 saturated carbocycles. The summed E-state index contributed by atoms with van der Waals surface area (Å²) in [5.74, 6) is -1.22. The highest BCUT2D eigenvalue weighted by atomic mass is 19.4. The Labute approximate surface area is 197 Å². The van der Waals surface area contributed by atoms with Gasteiger partial charge in [-0.1, -0.05) is 0 Å². The van der Waals surface area contributed by atoms with Crippen LogP contribution in [-0.4, -0.2) is 45.7 Å². The average molecular weight is 487 g/mol. The van der Waals surface area contributed by atoms with Crippen molar-refractivity contribution in [1.82, 2.24) is 15.2 Å². The molecule has 5 amide bonds. The maximum atomic E-state index is 13.0. The van der Waals surface area contributed by atoms with Crippen LogP contribution in [0.3, 0.4) is 0 Å². The lowest BCUT2D eigenvalue weighted by molar-refractivity contribution is -0.141. The van der Waals surface area contributed by atoms with Crippen LogP contribution < -0.4 is 15.5 Å². The van der Waals surface area contributed by atoms with Gasteiger partial charge in [-0.3, -0.25) is 24.6 Å². The number of carbonyl (C=O) groups is 4. The maximum Gasteiger partial charge on any atom is 0.433 e. The number of benzene rings is 1. The topological polar surface area (TPSA) is 112 Å². The van der Waals surface area contributed by atoms with Gasteiger partial charge >= 0.3 is 12.2 Å². The van der Waals surface area contributed by atoms with Crippen LogP contribution in [0.5, 0.6) is 0 Å². The van der Waals surface area contributed by atoms with E-state index in [1.54, 1.807) is 25.1 Å². The SMILES string of the molecule is CC1Cc2cc(C(F)(F)F)ncc2N1C(=O)Nc1ccc2c(c1)CN(C1CCC(=O)NC1=O)C2=O. The number of hydrogen-bond donors (Lipinski definition) is 2. The van der Waals surface area contributed by atoms with Crippen molar-refractivity contribution >= 4 is 35.1 Å². The van der Waals surface area contributed by atoms with Crippen molar-refractivity contribution < 1.29 is 32.3 Å². The van der Waals surface area contributed by atoms with Crippen LogP contribution in [0.2, 0.25) is 0 Å². The van der Waals surface area contributed by atoms with E-state index in [0.717, 1.165) is 12.3 Å². The molecule has 3 aliphatic heterocycles. The fourth-order valence-corrected chi connectivity index (χ4v) is 4.82. The number of piperidine rings is 1. The number of anilines is 2. The van der Waals surface area contributed by atoms with Gasteiger partial charge < -0.3 is 10.2 Å². The van der Waals surface area contributed by atoms with E-state index in [2.05, 4.69) is 15.6 Å². The summed E-state index contributed by atoms with van der Waals surface area (Å²) in [5, 5.41) is 4.98. The minimum absolute atomic E-state index is 0.145. The molecular formula is C23H20F3N5O4. The van der Waals surface area contributed by atoms with Gasteiger partial charge in [-0.05, 0) is 55.2 Å². The number of imide groups is 1. The molecule has 1 fully saturated rings. The minimum Gasteiger partial charge on any atom is -0.322 e. The van der Waals surface area contributed by atoms with Crippen LogP contribution in [0, 0.1) is 0 Å². The van der Waals surface area contributed by atoms with Crippen LogP contribution in [0.1, 0.15) is 46.9 Å². The Morgan fingerprint density at radius 2 is 1.94 bits per heavy atom. The van der Waals surface area contributed by atoms with Crippen molar-refractivity contribution in [3.8, 4) is 0 Å². The second-order valence-electron chi connectivity index (χ2n) is 8.82. The van der Waals surface area contributed by atoms with Gasteiger partial charge in [0.05, 0.1) is 11.9 Å². The number of halogens is 3. The third-order valence-electron chi connectivity index (χ3n) is 6.47. The number of amides is 5. The zero-order chi connectivity index (χ0) is 25.1. The summed E-state index contributed by atoms with van der Waals surface area (Å²) in [4.78, 5) is 55.7. The third kappa shape index (κ3) is 3.98. The molecule has 1 saturated heterocycles. The van der Waals surface area contributed by atoms with Gasteiger partial charge in [0.15, 0.2) is 0 Å². The van der Waals surface area contributed by atoms with Crippen LogP contribution in [0.25, 0.3) is 0 Å². The summed E-state index contributed by atoms with van der Waals surface area (Å²) < 4.78 is 39.0. The van der Waals surface area contributed by atoms with Crippen LogP contribution in [0.4, 0.5) is 29.3 Å². The number of nitrogens with one attached hydrogen (secondary N) is 2. The lowest BCUT2D eigenvalue weighted by Crippen LogP contribution is -2.52. The largest absolute Gasteiger partial charge is 0.433 e. The van der Waals surface area contributed by atoms with E-state index in [1.807, 2.05) is 0 Å². The Balaban J connectivity index is 1.33. The van der Waals surface area contributed by atoms with Gasteiger partial charge in [-0.2, -0.15) is 13.2 Å². The Morgan fingerprint density at radius 1 is 1.17 bits per heavy atom. The lowest BCUT2D eigenvalue weighted by atomic mass is 10.0. The first-order valence-electron chi connectivity index (χ1n) is 11.0. The summed E-state index contributed by atoms with van der Waals surface area (Å²) in [5.41, 5.74) is 1.10. The molecule has 9 nitrogen and oxygen atoms in total. The quantitative estimate of drug-likeness (QED) is 0.633. The maximum absolute atomic E-state index is 13.0.